The van der Waals surface area contributed by atoms with Crippen molar-refractivity contribution in [2.24, 2.45) is 11.7 Å². The van der Waals surface area contributed by atoms with Gasteiger partial charge in [0, 0.05) is 30.2 Å². The van der Waals surface area contributed by atoms with Crippen LogP contribution in [0.4, 0.5) is 5.82 Å². The van der Waals surface area contributed by atoms with Crippen LogP contribution in [-0.2, 0) is 0 Å². The molecule has 0 amide bonds. The van der Waals surface area contributed by atoms with E-state index in [1.807, 2.05) is 24.9 Å². The highest BCUT2D eigenvalue weighted by Crippen LogP contribution is 2.25. The number of aromatic nitrogens is 1. The van der Waals surface area contributed by atoms with E-state index < -0.39 is 0 Å². The standard InChI is InChI=1S/C10H13BrClN3S/c1-6(9(13)16)5-15(2)10-8(12)3-7(11)4-14-10/h3-4,6H,5H2,1-2H3,(H2,13,16). The Hall–Kier alpha value is -0.390. The van der Waals surface area contributed by atoms with E-state index in [0.717, 1.165) is 10.3 Å². The number of anilines is 1. The summed E-state index contributed by atoms with van der Waals surface area (Å²) in [7, 11) is 1.91. The SMILES string of the molecule is CC(CN(C)c1ncc(Br)cc1Cl)C(N)=S. The third-order valence-electron chi connectivity index (χ3n) is 2.18. The van der Waals surface area contributed by atoms with E-state index in [0.29, 0.717) is 16.6 Å². The first-order valence-corrected chi connectivity index (χ1v) is 6.31. The van der Waals surface area contributed by atoms with Gasteiger partial charge in [0.15, 0.2) is 0 Å². The van der Waals surface area contributed by atoms with Crippen LogP contribution in [0.5, 0.6) is 0 Å². The van der Waals surface area contributed by atoms with Crippen LogP contribution >= 0.6 is 39.7 Å². The van der Waals surface area contributed by atoms with Gasteiger partial charge in [0.1, 0.15) is 5.82 Å². The first-order chi connectivity index (χ1) is 7.41. The molecule has 0 radical (unpaired) electrons. The van der Waals surface area contributed by atoms with Crippen molar-refractivity contribution in [2.45, 2.75) is 6.92 Å². The maximum Gasteiger partial charge on any atom is 0.147 e. The lowest BCUT2D eigenvalue weighted by molar-refractivity contribution is 0.735. The molecule has 16 heavy (non-hydrogen) atoms. The quantitative estimate of drug-likeness (QED) is 0.866. The third-order valence-corrected chi connectivity index (χ3v) is 3.30. The van der Waals surface area contributed by atoms with Gasteiger partial charge in [-0.2, -0.15) is 0 Å². The zero-order valence-corrected chi connectivity index (χ0v) is 12.2. The van der Waals surface area contributed by atoms with Crippen molar-refractivity contribution in [1.82, 2.24) is 4.98 Å². The van der Waals surface area contributed by atoms with Gasteiger partial charge in [-0.25, -0.2) is 4.98 Å². The third kappa shape index (κ3) is 3.57. The number of hydrogen-bond donors (Lipinski definition) is 1. The Morgan fingerprint density at radius 1 is 1.75 bits per heavy atom. The number of halogens is 2. The van der Waals surface area contributed by atoms with Gasteiger partial charge < -0.3 is 10.6 Å². The molecule has 0 saturated heterocycles. The number of nitrogens with two attached hydrogens (primary N) is 1. The van der Waals surface area contributed by atoms with Crippen LogP contribution in [-0.4, -0.2) is 23.6 Å². The first kappa shape index (κ1) is 13.7. The summed E-state index contributed by atoms with van der Waals surface area (Å²) in [6.07, 6.45) is 1.71. The summed E-state index contributed by atoms with van der Waals surface area (Å²) in [5, 5.41) is 0.604. The van der Waals surface area contributed by atoms with Crippen molar-refractivity contribution < 1.29 is 0 Å². The highest BCUT2D eigenvalue weighted by molar-refractivity contribution is 9.10. The molecule has 0 fully saturated rings. The second-order valence-corrected chi connectivity index (χ2v) is 5.44. The normalized spacial score (nSPS) is 12.2. The molecular formula is C10H13BrClN3S. The number of pyridine rings is 1. The van der Waals surface area contributed by atoms with Gasteiger partial charge in [-0.3, -0.25) is 0 Å². The van der Waals surface area contributed by atoms with Crippen LogP contribution in [0.15, 0.2) is 16.7 Å². The lowest BCUT2D eigenvalue weighted by Gasteiger charge is -2.22. The molecule has 88 valence electrons. The second-order valence-electron chi connectivity index (χ2n) is 3.64. The number of rotatable bonds is 4. The maximum absolute atomic E-state index is 6.09. The molecule has 1 aromatic heterocycles. The number of hydrogen-bond acceptors (Lipinski definition) is 3. The summed E-state index contributed by atoms with van der Waals surface area (Å²) in [6.45, 7) is 2.68. The zero-order chi connectivity index (χ0) is 12.3. The van der Waals surface area contributed by atoms with Gasteiger partial charge in [-0.15, -0.1) is 0 Å². The molecule has 0 spiro atoms. The Balaban J connectivity index is 2.80. The minimum Gasteiger partial charge on any atom is -0.393 e. The molecule has 0 aliphatic heterocycles. The van der Waals surface area contributed by atoms with Gasteiger partial charge in [0.25, 0.3) is 0 Å². The van der Waals surface area contributed by atoms with Gasteiger partial charge in [0.2, 0.25) is 0 Å². The average Bonchev–Trinajstić information content (AvgIpc) is 2.16. The summed E-state index contributed by atoms with van der Waals surface area (Å²) in [5.41, 5.74) is 5.57. The summed E-state index contributed by atoms with van der Waals surface area (Å²) in [4.78, 5) is 6.70. The molecule has 1 heterocycles. The molecule has 0 aromatic carbocycles. The van der Waals surface area contributed by atoms with Gasteiger partial charge in [-0.1, -0.05) is 30.7 Å². The lowest BCUT2D eigenvalue weighted by atomic mass is 10.2. The molecule has 1 rings (SSSR count). The summed E-state index contributed by atoms with van der Waals surface area (Å²) in [5.74, 6) is 0.856. The molecule has 1 atom stereocenters. The first-order valence-electron chi connectivity index (χ1n) is 4.73. The monoisotopic (exact) mass is 321 g/mol. The lowest BCUT2D eigenvalue weighted by Crippen LogP contribution is -2.31. The molecule has 6 heteroatoms. The Kier molecular flexibility index (Phi) is 4.95. The molecule has 0 saturated carbocycles. The summed E-state index contributed by atoms with van der Waals surface area (Å²) in [6, 6.07) is 1.81. The smallest absolute Gasteiger partial charge is 0.147 e. The largest absolute Gasteiger partial charge is 0.393 e. The molecule has 1 unspecified atom stereocenters. The van der Waals surface area contributed by atoms with Gasteiger partial charge in [-0.05, 0) is 22.0 Å². The zero-order valence-electron chi connectivity index (χ0n) is 9.08. The number of nitrogens with zero attached hydrogens (tertiary/aromatic N) is 2. The maximum atomic E-state index is 6.09. The van der Waals surface area contributed by atoms with Gasteiger partial charge in [0.05, 0.1) is 10.0 Å². The van der Waals surface area contributed by atoms with Crippen molar-refractivity contribution >= 4 is 50.6 Å². The van der Waals surface area contributed by atoms with E-state index in [9.17, 15) is 0 Å². The Morgan fingerprint density at radius 2 is 2.38 bits per heavy atom. The summed E-state index contributed by atoms with van der Waals surface area (Å²) < 4.78 is 0.858. The van der Waals surface area contributed by atoms with Crippen LogP contribution in [0, 0.1) is 5.92 Å². The Morgan fingerprint density at radius 3 is 2.88 bits per heavy atom. The van der Waals surface area contributed by atoms with E-state index in [1.165, 1.54) is 0 Å². The Labute approximate surface area is 114 Å². The molecular weight excluding hydrogens is 310 g/mol. The summed E-state index contributed by atoms with van der Waals surface area (Å²) >= 11 is 14.3. The predicted octanol–water partition coefficient (Wildman–Crippen LogP) is 2.86. The highest BCUT2D eigenvalue weighted by atomic mass is 79.9. The minimum atomic E-state index is 0.126. The topological polar surface area (TPSA) is 42.2 Å². The van der Waals surface area contributed by atoms with E-state index >= 15 is 0 Å². The van der Waals surface area contributed by atoms with Crippen LogP contribution in [0.1, 0.15) is 6.92 Å². The fourth-order valence-corrected chi connectivity index (χ4v) is 2.12. The van der Waals surface area contributed by atoms with E-state index in [4.69, 9.17) is 29.6 Å². The molecule has 2 N–H and O–H groups in total. The van der Waals surface area contributed by atoms with Crippen molar-refractivity contribution in [1.29, 1.82) is 0 Å². The predicted molar refractivity (Wildman–Crippen MR) is 76.2 cm³/mol. The fraction of sp³-hybridized carbons (Fsp3) is 0.400. The highest BCUT2D eigenvalue weighted by Gasteiger charge is 2.13. The molecule has 3 nitrogen and oxygen atoms in total. The van der Waals surface area contributed by atoms with Crippen molar-refractivity contribution in [2.75, 3.05) is 18.5 Å². The van der Waals surface area contributed by atoms with E-state index in [2.05, 4.69) is 20.9 Å². The van der Waals surface area contributed by atoms with E-state index in [1.54, 1.807) is 6.20 Å². The van der Waals surface area contributed by atoms with Gasteiger partial charge >= 0.3 is 0 Å². The minimum absolute atomic E-state index is 0.126. The van der Waals surface area contributed by atoms with Crippen molar-refractivity contribution in [3.63, 3.8) is 0 Å². The van der Waals surface area contributed by atoms with Crippen LogP contribution in [0.3, 0.4) is 0 Å². The molecule has 1 aromatic rings. The molecule has 0 aliphatic rings. The van der Waals surface area contributed by atoms with Crippen LogP contribution in [0.25, 0.3) is 0 Å². The van der Waals surface area contributed by atoms with Crippen LogP contribution in [0.2, 0.25) is 5.02 Å². The number of thiocarbonyl (C=S) groups is 1. The van der Waals surface area contributed by atoms with Crippen molar-refractivity contribution in [3.05, 3.63) is 21.8 Å². The fourth-order valence-electron chi connectivity index (χ4n) is 1.28. The molecule has 0 bridgehead atoms. The second kappa shape index (κ2) is 5.80. The Bertz CT molecular complexity index is 400. The average molecular weight is 323 g/mol. The van der Waals surface area contributed by atoms with E-state index in [-0.39, 0.29) is 5.92 Å². The molecule has 0 aliphatic carbocycles. The van der Waals surface area contributed by atoms with Crippen LogP contribution < -0.4 is 10.6 Å². The van der Waals surface area contributed by atoms with Crippen molar-refractivity contribution in [3.8, 4) is 0 Å².